The number of nitrogens with two attached hydrogens (primary N) is 1. The molecule has 2 unspecified atom stereocenters. The molecule has 0 radical (unpaired) electrons. The topological polar surface area (TPSA) is 43.1 Å². The van der Waals surface area contributed by atoms with Crippen molar-refractivity contribution in [1.29, 1.82) is 0 Å². The van der Waals surface area contributed by atoms with Gasteiger partial charge in [0.2, 0.25) is 6.41 Å². The molecule has 96 valence electrons. The van der Waals surface area contributed by atoms with Gasteiger partial charge in [0.25, 0.3) is 0 Å². The first-order valence-corrected chi connectivity index (χ1v) is 7.32. The molecule has 0 aromatic carbocycles. The predicted octanol–water partition coefficient (Wildman–Crippen LogP) is -3.30. The summed E-state index contributed by atoms with van der Waals surface area (Å²) in [5.41, 5.74) is 10.8. The Morgan fingerprint density at radius 1 is 1.24 bits per heavy atom. The van der Waals surface area contributed by atoms with Crippen LogP contribution < -0.4 is 30.5 Å². The van der Waals surface area contributed by atoms with E-state index in [4.69, 9.17) is 4.79 Å². The minimum Gasteiger partial charge on any atom is -1.00 e. The molecule has 0 aromatic rings. The Balaban J connectivity index is 0. The van der Waals surface area contributed by atoms with Gasteiger partial charge in [-0.25, -0.2) is 0 Å². The summed E-state index contributed by atoms with van der Waals surface area (Å²) in [5.74, 6) is 0.779. The van der Waals surface area contributed by atoms with Gasteiger partial charge in [0, 0.05) is 0 Å². The zero-order chi connectivity index (χ0) is 11.6. The van der Waals surface area contributed by atoms with Crippen molar-refractivity contribution in [2.45, 2.75) is 36.6 Å². The zero-order valence-electron chi connectivity index (χ0n) is 10.7. The van der Waals surface area contributed by atoms with Crippen LogP contribution in [0.3, 0.4) is 0 Å². The van der Waals surface area contributed by atoms with Gasteiger partial charge in [-0.15, -0.1) is 0 Å². The Morgan fingerprint density at radius 3 is 1.88 bits per heavy atom. The fourth-order valence-electron chi connectivity index (χ4n) is 2.24. The van der Waals surface area contributed by atoms with Crippen LogP contribution in [0.25, 0.3) is 0 Å². The molecule has 0 saturated carbocycles. The molecule has 0 spiro atoms. The maximum atomic E-state index is 8.58. The van der Waals surface area contributed by atoms with Crippen LogP contribution in [0.15, 0.2) is 22.3 Å². The van der Waals surface area contributed by atoms with Crippen LogP contribution in [-0.4, -0.2) is 6.41 Å². The number of carbonyl (C=O) groups excluding carboxylic acids is 1. The third-order valence-electron chi connectivity index (χ3n) is 3.49. The summed E-state index contributed by atoms with van der Waals surface area (Å²) in [4.78, 5) is 8.58. The average Bonchev–Trinajstić information content (AvgIpc) is 2.97. The first-order chi connectivity index (χ1) is 7.04. The molecule has 2 atom stereocenters. The second kappa shape index (κ2) is 8.36. The summed E-state index contributed by atoms with van der Waals surface area (Å²) < 4.78 is 2.64. The van der Waals surface area contributed by atoms with E-state index in [2.05, 4.69) is 33.4 Å². The number of rotatable bonds is 1. The SMILES string of the molecule is CC1=C(C)C(C)C([CH]2[CH2][Ti+2]2)=C1C.NC=O.[Cl-].[Cl-]. The molecule has 2 nitrogen and oxygen atoms in total. The van der Waals surface area contributed by atoms with Crippen LogP contribution in [0.1, 0.15) is 27.7 Å². The van der Waals surface area contributed by atoms with E-state index in [-0.39, 0.29) is 31.2 Å². The first-order valence-electron chi connectivity index (χ1n) is 5.31. The maximum Gasteiger partial charge on any atom is 0.204 e. The van der Waals surface area contributed by atoms with E-state index in [0.717, 1.165) is 10.1 Å². The van der Waals surface area contributed by atoms with E-state index < -0.39 is 0 Å². The van der Waals surface area contributed by atoms with Crippen molar-refractivity contribution in [2.24, 2.45) is 11.7 Å². The predicted molar refractivity (Wildman–Crippen MR) is 59.0 cm³/mol. The van der Waals surface area contributed by atoms with Crippen LogP contribution in [0, 0.1) is 5.92 Å². The third-order valence-corrected chi connectivity index (χ3v) is 5.25. The van der Waals surface area contributed by atoms with Gasteiger partial charge in [0.05, 0.1) is 0 Å². The van der Waals surface area contributed by atoms with Gasteiger partial charge in [-0.2, -0.15) is 0 Å². The van der Waals surface area contributed by atoms with Crippen molar-refractivity contribution in [3.63, 3.8) is 0 Å². The molecule has 2 N–H and O–H groups in total. The molecule has 0 aromatic heterocycles. The minimum absolute atomic E-state index is 0. The van der Waals surface area contributed by atoms with Crippen molar-refractivity contribution in [3.8, 4) is 0 Å². The standard InChI is InChI=1S/C11H16.CH3NO.2ClH.Ti/c1-6-11-9(4)7(2)8(3)10(11)5;2-1-3;;;/h6,9H,1H2,2-5H3;1H,(H2,2,3);2*1H;/q;;;;+2/p-2. The quantitative estimate of drug-likeness (QED) is 0.400. The molecule has 5 heteroatoms. The number of primary amides is 1. The number of carbonyl (C=O) groups is 1. The van der Waals surface area contributed by atoms with Crippen LogP contribution in [0.2, 0.25) is 8.95 Å². The van der Waals surface area contributed by atoms with Crippen LogP contribution in [-0.2, 0) is 23.9 Å². The fraction of sp³-hybridized carbons (Fsp3) is 0.583. The van der Waals surface area contributed by atoms with E-state index in [1.165, 1.54) is 0 Å². The first kappa shape index (κ1) is 19.6. The molecular formula is C12H19Cl2NOTi. The van der Waals surface area contributed by atoms with Gasteiger partial charge in [0.1, 0.15) is 0 Å². The Hall–Kier alpha value is 0.244. The molecule has 1 saturated heterocycles. The van der Waals surface area contributed by atoms with Crippen molar-refractivity contribution in [2.75, 3.05) is 0 Å². The average molecular weight is 312 g/mol. The number of halogens is 2. The molecule has 1 fully saturated rings. The molecule has 2 aliphatic rings. The molecule has 2 rings (SSSR count). The van der Waals surface area contributed by atoms with E-state index in [9.17, 15) is 0 Å². The molecule has 17 heavy (non-hydrogen) atoms. The van der Waals surface area contributed by atoms with Crippen molar-refractivity contribution in [3.05, 3.63) is 22.3 Å². The Morgan fingerprint density at radius 2 is 1.65 bits per heavy atom. The van der Waals surface area contributed by atoms with Crippen molar-refractivity contribution < 1.29 is 48.8 Å². The molecular weight excluding hydrogens is 293 g/mol. The minimum atomic E-state index is 0. The van der Waals surface area contributed by atoms with Crippen molar-refractivity contribution in [1.82, 2.24) is 0 Å². The molecule has 1 heterocycles. The Bertz CT molecular complexity index is 335. The normalized spacial score (nSPS) is 24.5. The van der Waals surface area contributed by atoms with E-state index in [1.807, 2.05) is 5.57 Å². The van der Waals surface area contributed by atoms with E-state index >= 15 is 0 Å². The summed E-state index contributed by atoms with van der Waals surface area (Å²) in [6.45, 7) is 9.30. The summed E-state index contributed by atoms with van der Waals surface area (Å²) in [7, 11) is 0. The van der Waals surface area contributed by atoms with Gasteiger partial charge in [-0.1, -0.05) is 0 Å². The molecule has 1 amide bonds. The zero-order valence-corrected chi connectivity index (χ0v) is 13.8. The summed E-state index contributed by atoms with van der Waals surface area (Å²) in [6, 6.07) is 0. The van der Waals surface area contributed by atoms with Crippen LogP contribution >= 0.6 is 0 Å². The monoisotopic (exact) mass is 311 g/mol. The smallest absolute Gasteiger partial charge is 0.204 e. The summed E-state index contributed by atoms with van der Waals surface area (Å²) in [5, 5.41) is 0. The fourth-order valence-corrected chi connectivity index (χ4v) is 3.84. The number of hydrogen-bond acceptors (Lipinski definition) is 1. The molecule has 1 aliphatic carbocycles. The number of hydrogen-bond donors (Lipinski definition) is 1. The molecule has 0 bridgehead atoms. The van der Waals surface area contributed by atoms with Crippen LogP contribution in [0.5, 0.6) is 0 Å². The molecule has 1 aliphatic heterocycles. The van der Waals surface area contributed by atoms with Gasteiger partial charge < -0.3 is 30.5 Å². The number of allylic oxidation sites excluding steroid dienone is 4. The Labute approximate surface area is 125 Å². The van der Waals surface area contributed by atoms with Gasteiger partial charge in [-0.3, -0.25) is 4.79 Å². The van der Waals surface area contributed by atoms with Crippen molar-refractivity contribution >= 4 is 6.41 Å². The second-order valence-corrected chi connectivity index (χ2v) is 6.57. The van der Waals surface area contributed by atoms with E-state index in [0.29, 0.717) is 19.2 Å². The summed E-state index contributed by atoms with van der Waals surface area (Å²) >= 11 is 0.466. The third kappa shape index (κ3) is 4.44. The maximum absolute atomic E-state index is 8.58. The van der Waals surface area contributed by atoms with Gasteiger partial charge >= 0.3 is 84.0 Å². The number of amides is 1. The van der Waals surface area contributed by atoms with Crippen LogP contribution in [0.4, 0.5) is 0 Å². The largest absolute Gasteiger partial charge is 1.00 e. The second-order valence-electron chi connectivity index (χ2n) is 4.21. The van der Waals surface area contributed by atoms with Gasteiger partial charge in [-0.05, 0) is 0 Å². The Kier molecular flexibility index (Phi) is 9.63. The van der Waals surface area contributed by atoms with E-state index in [1.54, 1.807) is 21.4 Å². The summed E-state index contributed by atoms with van der Waals surface area (Å²) in [6.07, 6.45) is 0.250. The van der Waals surface area contributed by atoms with Gasteiger partial charge in [0.15, 0.2) is 0 Å².